The highest BCUT2D eigenvalue weighted by molar-refractivity contribution is 6.32. The van der Waals surface area contributed by atoms with Gasteiger partial charge in [-0.3, -0.25) is 0 Å². The van der Waals surface area contributed by atoms with Gasteiger partial charge in [-0.1, -0.05) is 11.6 Å². The summed E-state index contributed by atoms with van der Waals surface area (Å²) in [5.41, 5.74) is 7.08. The number of benzene rings is 1. The van der Waals surface area contributed by atoms with E-state index in [9.17, 15) is 0 Å². The first-order valence-corrected chi connectivity index (χ1v) is 5.52. The summed E-state index contributed by atoms with van der Waals surface area (Å²) in [7, 11) is 0. The van der Waals surface area contributed by atoms with Crippen LogP contribution in [0.25, 0.3) is 11.3 Å². The van der Waals surface area contributed by atoms with Crippen LogP contribution in [-0.4, -0.2) is 16.3 Å². The van der Waals surface area contributed by atoms with Crippen LogP contribution in [0.3, 0.4) is 0 Å². The molecule has 2 aromatic rings. The smallest absolute Gasteiger partial charge is 0.219 e. The lowest BCUT2D eigenvalue weighted by molar-refractivity contribution is 0.340. The molecule has 1 aromatic carbocycles. The topological polar surface area (TPSA) is 79.1 Å². The second kappa shape index (κ2) is 4.55. The summed E-state index contributed by atoms with van der Waals surface area (Å²) in [5, 5.41) is 0.537. The van der Waals surface area contributed by atoms with E-state index in [1.54, 1.807) is 18.3 Å². The van der Waals surface area contributed by atoms with E-state index in [1.807, 2.05) is 13.0 Å². The predicted molar refractivity (Wildman–Crippen MR) is 68.4 cm³/mol. The number of hydrogen-bond acceptors (Lipinski definition) is 4. The second-order valence-corrected chi connectivity index (χ2v) is 3.88. The molecule has 0 amide bonds. The molecule has 1 aromatic heterocycles. The summed E-state index contributed by atoms with van der Waals surface area (Å²) in [4.78, 5) is 4.11. The van der Waals surface area contributed by atoms with Crippen molar-refractivity contribution < 1.29 is 4.74 Å². The van der Waals surface area contributed by atoms with Crippen molar-refractivity contribution in [3.63, 3.8) is 0 Å². The van der Waals surface area contributed by atoms with Gasteiger partial charge in [0.2, 0.25) is 5.95 Å². The molecular formula is C11H13ClN4O. The fraction of sp³-hybridized carbons (Fsp3) is 0.182. The molecule has 0 bridgehead atoms. The summed E-state index contributed by atoms with van der Waals surface area (Å²) in [6.07, 6.45) is 1.64. The molecule has 4 N–H and O–H groups in total. The Kier molecular flexibility index (Phi) is 3.10. The summed E-state index contributed by atoms with van der Waals surface area (Å²) in [6, 6.07) is 5.43. The Labute approximate surface area is 104 Å². The molecule has 0 aliphatic rings. The van der Waals surface area contributed by atoms with Crippen LogP contribution in [0.5, 0.6) is 5.75 Å². The Balaban J connectivity index is 2.37. The molecule has 2 rings (SSSR count). The van der Waals surface area contributed by atoms with Gasteiger partial charge in [0, 0.05) is 5.56 Å². The van der Waals surface area contributed by atoms with Crippen molar-refractivity contribution in [1.29, 1.82) is 0 Å². The van der Waals surface area contributed by atoms with Crippen LogP contribution in [-0.2, 0) is 0 Å². The molecule has 6 heteroatoms. The number of nitrogens with zero attached hydrogens (tertiary/aromatic N) is 2. The molecule has 0 saturated carbocycles. The van der Waals surface area contributed by atoms with Crippen molar-refractivity contribution in [2.45, 2.75) is 6.92 Å². The highest BCUT2D eigenvalue weighted by Gasteiger charge is 2.08. The number of anilines is 1. The van der Waals surface area contributed by atoms with Crippen molar-refractivity contribution in [1.82, 2.24) is 9.66 Å². The minimum absolute atomic E-state index is 0.255. The Hall–Kier alpha value is -1.88. The first kappa shape index (κ1) is 11.6. The maximum absolute atomic E-state index is 6.08. The largest absolute Gasteiger partial charge is 0.492 e. The van der Waals surface area contributed by atoms with Crippen molar-refractivity contribution in [2.75, 3.05) is 18.2 Å². The van der Waals surface area contributed by atoms with Gasteiger partial charge in [0.15, 0.2) is 0 Å². The molecule has 0 aliphatic carbocycles. The molecule has 1 heterocycles. The van der Waals surface area contributed by atoms with Gasteiger partial charge >= 0.3 is 0 Å². The van der Waals surface area contributed by atoms with E-state index in [1.165, 1.54) is 4.68 Å². The summed E-state index contributed by atoms with van der Waals surface area (Å²) in [5.74, 6) is 6.47. The van der Waals surface area contributed by atoms with Crippen LogP contribution in [0, 0.1) is 0 Å². The van der Waals surface area contributed by atoms with Crippen LogP contribution < -0.4 is 16.3 Å². The van der Waals surface area contributed by atoms with Gasteiger partial charge in [-0.15, -0.1) is 0 Å². The number of ether oxygens (including phenoxy) is 1. The van der Waals surface area contributed by atoms with Crippen LogP contribution in [0.4, 0.5) is 5.95 Å². The summed E-state index contributed by atoms with van der Waals surface area (Å²) in [6.45, 7) is 2.48. The van der Waals surface area contributed by atoms with Gasteiger partial charge in [-0.05, 0) is 25.1 Å². The highest BCUT2D eigenvalue weighted by atomic mass is 35.5. The monoisotopic (exact) mass is 252 g/mol. The van der Waals surface area contributed by atoms with E-state index in [-0.39, 0.29) is 5.95 Å². The van der Waals surface area contributed by atoms with Crippen LogP contribution in [0.2, 0.25) is 5.02 Å². The van der Waals surface area contributed by atoms with E-state index >= 15 is 0 Å². The molecule has 90 valence electrons. The Bertz CT molecular complexity index is 519. The highest BCUT2D eigenvalue weighted by Crippen LogP contribution is 2.30. The van der Waals surface area contributed by atoms with Crippen molar-refractivity contribution in [3.05, 3.63) is 29.4 Å². The average molecular weight is 253 g/mol. The number of nitrogens with two attached hydrogens (primary N) is 2. The second-order valence-electron chi connectivity index (χ2n) is 3.47. The maximum Gasteiger partial charge on any atom is 0.219 e. The predicted octanol–water partition coefficient (Wildman–Crippen LogP) is 1.90. The standard InChI is InChI=1S/C11H13ClN4O/c1-2-17-10-4-3-7(5-8(10)12)9-6-16(14)11(13)15-9/h3-6H,2,14H2,1H3,(H2,13,15). The Morgan fingerprint density at radius 2 is 2.24 bits per heavy atom. The first-order valence-electron chi connectivity index (χ1n) is 5.14. The minimum Gasteiger partial charge on any atom is -0.492 e. The van der Waals surface area contributed by atoms with E-state index in [2.05, 4.69) is 4.98 Å². The zero-order valence-corrected chi connectivity index (χ0v) is 10.1. The number of halogens is 1. The Morgan fingerprint density at radius 1 is 1.47 bits per heavy atom. The Morgan fingerprint density at radius 3 is 2.76 bits per heavy atom. The lowest BCUT2D eigenvalue weighted by Crippen LogP contribution is -2.09. The SMILES string of the molecule is CCOc1ccc(-c2cn(N)c(N)n2)cc1Cl. The van der Waals surface area contributed by atoms with Gasteiger partial charge in [0.1, 0.15) is 5.75 Å². The van der Waals surface area contributed by atoms with Gasteiger partial charge < -0.3 is 16.3 Å². The van der Waals surface area contributed by atoms with E-state index in [0.717, 1.165) is 5.56 Å². The van der Waals surface area contributed by atoms with Crippen molar-refractivity contribution >= 4 is 17.5 Å². The number of imidazole rings is 1. The van der Waals surface area contributed by atoms with E-state index < -0.39 is 0 Å². The fourth-order valence-electron chi connectivity index (χ4n) is 1.48. The van der Waals surface area contributed by atoms with Gasteiger partial charge in [0.05, 0.1) is 23.5 Å². The zero-order chi connectivity index (χ0) is 12.4. The number of rotatable bonds is 3. The average Bonchev–Trinajstić information content (AvgIpc) is 2.62. The summed E-state index contributed by atoms with van der Waals surface area (Å²) >= 11 is 6.08. The third kappa shape index (κ3) is 2.29. The molecule has 0 aliphatic heterocycles. The molecule has 0 fully saturated rings. The number of aromatic nitrogens is 2. The van der Waals surface area contributed by atoms with E-state index in [4.69, 9.17) is 27.9 Å². The molecule has 0 saturated heterocycles. The molecule has 17 heavy (non-hydrogen) atoms. The molecular weight excluding hydrogens is 240 g/mol. The van der Waals surface area contributed by atoms with Gasteiger partial charge in [-0.25, -0.2) is 9.66 Å². The van der Waals surface area contributed by atoms with Gasteiger partial charge in [-0.2, -0.15) is 0 Å². The quantitative estimate of drug-likeness (QED) is 0.818. The lowest BCUT2D eigenvalue weighted by Gasteiger charge is -2.06. The molecule has 0 spiro atoms. The normalized spacial score (nSPS) is 10.5. The van der Waals surface area contributed by atoms with Crippen molar-refractivity contribution in [2.24, 2.45) is 0 Å². The first-order chi connectivity index (χ1) is 8.11. The number of hydrogen-bond donors (Lipinski definition) is 2. The minimum atomic E-state index is 0.255. The van der Waals surface area contributed by atoms with Crippen LogP contribution in [0.1, 0.15) is 6.92 Å². The van der Waals surface area contributed by atoms with E-state index in [0.29, 0.717) is 23.1 Å². The van der Waals surface area contributed by atoms with Crippen LogP contribution >= 0.6 is 11.6 Å². The maximum atomic E-state index is 6.08. The summed E-state index contributed by atoms with van der Waals surface area (Å²) < 4.78 is 6.61. The lowest BCUT2D eigenvalue weighted by atomic mass is 10.1. The third-order valence-electron chi connectivity index (χ3n) is 2.29. The van der Waals surface area contributed by atoms with Gasteiger partial charge in [0.25, 0.3) is 0 Å². The molecule has 0 atom stereocenters. The zero-order valence-electron chi connectivity index (χ0n) is 9.35. The molecule has 0 radical (unpaired) electrons. The molecule has 5 nitrogen and oxygen atoms in total. The van der Waals surface area contributed by atoms with Crippen molar-refractivity contribution in [3.8, 4) is 17.0 Å². The number of nitrogen functional groups attached to an aromatic ring is 2. The van der Waals surface area contributed by atoms with Crippen LogP contribution in [0.15, 0.2) is 24.4 Å². The molecule has 0 unspecified atom stereocenters. The fourth-order valence-corrected chi connectivity index (χ4v) is 1.71. The third-order valence-corrected chi connectivity index (χ3v) is 2.58.